The van der Waals surface area contributed by atoms with Crippen LogP contribution in [0.3, 0.4) is 0 Å². The van der Waals surface area contributed by atoms with E-state index >= 15 is 0 Å². The number of hydrogen-bond acceptors (Lipinski definition) is 1. The molecule has 0 spiro atoms. The molecule has 0 fully saturated rings. The summed E-state index contributed by atoms with van der Waals surface area (Å²) in [5.74, 6) is 0.153. The van der Waals surface area contributed by atoms with Gasteiger partial charge in [0, 0.05) is 20.0 Å². The lowest BCUT2D eigenvalue weighted by Gasteiger charge is -2.18. The van der Waals surface area contributed by atoms with Gasteiger partial charge in [-0.15, -0.1) is 6.58 Å². The van der Waals surface area contributed by atoms with E-state index in [0.29, 0.717) is 6.54 Å². The maximum absolute atomic E-state index is 11.1. The molecule has 0 aliphatic rings. The average molecular weight is 197 g/mol. The summed E-state index contributed by atoms with van der Waals surface area (Å²) >= 11 is 0. The number of unbranched alkanes of at least 4 members (excludes halogenated alkanes) is 4. The molecule has 1 amide bonds. The third-order valence-corrected chi connectivity index (χ3v) is 2.33. The lowest BCUT2D eigenvalue weighted by Crippen LogP contribution is -2.29. The van der Waals surface area contributed by atoms with Crippen LogP contribution in [0.1, 0.15) is 46.0 Å². The van der Waals surface area contributed by atoms with Gasteiger partial charge in [-0.25, -0.2) is 0 Å². The van der Waals surface area contributed by atoms with Gasteiger partial charge in [-0.2, -0.15) is 0 Å². The zero-order valence-electron chi connectivity index (χ0n) is 9.59. The van der Waals surface area contributed by atoms with Crippen LogP contribution in [0.4, 0.5) is 0 Å². The Balaban J connectivity index is 3.50. The van der Waals surface area contributed by atoms with Gasteiger partial charge in [0.15, 0.2) is 0 Å². The van der Waals surface area contributed by atoms with Crippen LogP contribution in [0.2, 0.25) is 0 Å². The third kappa shape index (κ3) is 6.70. The predicted molar refractivity (Wildman–Crippen MR) is 61.2 cm³/mol. The monoisotopic (exact) mass is 197 g/mol. The van der Waals surface area contributed by atoms with E-state index in [1.54, 1.807) is 13.0 Å². The molecular formula is C12H23NO. The van der Waals surface area contributed by atoms with Crippen LogP contribution in [-0.4, -0.2) is 23.9 Å². The molecule has 2 nitrogen and oxygen atoms in total. The van der Waals surface area contributed by atoms with Gasteiger partial charge < -0.3 is 4.90 Å². The second-order valence-corrected chi connectivity index (χ2v) is 3.67. The van der Waals surface area contributed by atoms with Gasteiger partial charge in [-0.1, -0.05) is 38.7 Å². The van der Waals surface area contributed by atoms with Crippen molar-refractivity contribution in [2.24, 2.45) is 0 Å². The van der Waals surface area contributed by atoms with Crippen molar-refractivity contribution < 1.29 is 4.79 Å². The summed E-state index contributed by atoms with van der Waals surface area (Å²) in [6.45, 7) is 9.04. The highest BCUT2D eigenvalue weighted by Gasteiger charge is 2.04. The number of rotatable bonds is 8. The first-order valence-corrected chi connectivity index (χ1v) is 5.58. The van der Waals surface area contributed by atoms with Gasteiger partial charge in [0.05, 0.1) is 0 Å². The molecule has 0 heterocycles. The number of carbonyl (C=O) groups is 1. The van der Waals surface area contributed by atoms with E-state index in [0.717, 1.165) is 13.0 Å². The molecule has 0 aromatic heterocycles. The van der Waals surface area contributed by atoms with Gasteiger partial charge in [-0.05, 0) is 6.42 Å². The van der Waals surface area contributed by atoms with E-state index in [4.69, 9.17) is 0 Å². The average Bonchev–Trinajstić information content (AvgIpc) is 2.15. The van der Waals surface area contributed by atoms with E-state index in [2.05, 4.69) is 13.5 Å². The maximum Gasteiger partial charge on any atom is 0.219 e. The largest absolute Gasteiger partial charge is 0.339 e. The fourth-order valence-electron chi connectivity index (χ4n) is 1.44. The summed E-state index contributed by atoms with van der Waals surface area (Å²) in [6.07, 6.45) is 8.00. The summed E-state index contributed by atoms with van der Waals surface area (Å²) < 4.78 is 0. The first kappa shape index (κ1) is 13.2. The van der Waals surface area contributed by atoms with Gasteiger partial charge in [0.1, 0.15) is 0 Å². The smallest absolute Gasteiger partial charge is 0.219 e. The molecule has 0 aliphatic carbocycles. The molecule has 0 rings (SSSR count). The van der Waals surface area contributed by atoms with Crippen LogP contribution in [0.5, 0.6) is 0 Å². The summed E-state index contributed by atoms with van der Waals surface area (Å²) in [5, 5.41) is 0. The van der Waals surface area contributed by atoms with Crippen LogP contribution < -0.4 is 0 Å². The molecule has 0 aromatic rings. The second-order valence-electron chi connectivity index (χ2n) is 3.67. The summed E-state index contributed by atoms with van der Waals surface area (Å²) in [7, 11) is 0. The van der Waals surface area contributed by atoms with Crippen molar-refractivity contribution in [2.75, 3.05) is 13.1 Å². The minimum absolute atomic E-state index is 0.153. The van der Waals surface area contributed by atoms with Crippen LogP contribution >= 0.6 is 0 Å². The van der Waals surface area contributed by atoms with Crippen molar-refractivity contribution in [3.05, 3.63) is 12.7 Å². The van der Waals surface area contributed by atoms with E-state index in [9.17, 15) is 4.79 Å². The minimum atomic E-state index is 0.153. The SMILES string of the molecule is C=CCN(CCCCCCC)C(C)=O. The van der Waals surface area contributed by atoms with Crippen LogP contribution in [-0.2, 0) is 4.79 Å². The lowest BCUT2D eigenvalue weighted by atomic mass is 10.1. The zero-order valence-corrected chi connectivity index (χ0v) is 9.59. The van der Waals surface area contributed by atoms with Gasteiger partial charge >= 0.3 is 0 Å². The Hall–Kier alpha value is -0.790. The Labute approximate surface area is 88.0 Å². The number of hydrogen-bond donors (Lipinski definition) is 0. The number of amides is 1. The molecule has 2 heteroatoms. The highest BCUT2D eigenvalue weighted by Crippen LogP contribution is 2.04. The topological polar surface area (TPSA) is 20.3 Å². The van der Waals surface area contributed by atoms with Gasteiger partial charge in [0.2, 0.25) is 5.91 Å². The van der Waals surface area contributed by atoms with E-state index in [1.807, 2.05) is 4.90 Å². The van der Waals surface area contributed by atoms with Crippen molar-refractivity contribution in [3.63, 3.8) is 0 Å². The minimum Gasteiger partial charge on any atom is -0.339 e. The quantitative estimate of drug-likeness (QED) is 0.433. The molecule has 0 bridgehead atoms. The molecule has 14 heavy (non-hydrogen) atoms. The lowest BCUT2D eigenvalue weighted by molar-refractivity contribution is -0.128. The Kier molecular flexibility index (Phi) is 8.30. The second kappa shape index (κ2) is 8.79. The highest BCUT2D eigenvalue weighted by atomic mass is 16.2. The molecule has 0 saturated carbocycles. The van der Waals surface area contributed by atoms with E-state index in [1.165, 1.54) is 25.7 Å². The maximum atomic E-state index is 11.1. The zero-order chi connectivity index (χ0) is 10.8. The molecule has 0 unspecified atom stereocenters. The van der Waals surface area contributed by atoms with Crippen LogP contribution in [0.25, 0.3) is 0 Å². The summed E-state index contributed by atoms with van der Waals surface area (Å²) in [4.78, 5) is 13.0. The van der Waals surface area contributed by atoms with E-state index < -0.39 is 0 Å². The number of nitrogens with zero attached hydrogens (tertiary/aromatic N) is 1. The molecular weight excluding hydrogens is 174 g/mol. The first-order valence-electron chi connectivity index (χ1n) is 5.58. The first-order chi connectivity index (χ1) is 6.72. The molecule has 0 aliphatic heterocycles. The normalized spacial score (nSPS) is 9.86. The molecule has 0 N–H and O–H groups in total. The van der Waals surface area contributed by atoms with Crippen molar-refractivity contribution in [1.29, 1.82) is 0 Å². The van der Waals surface area contributed by atoms with Crippen molar-refractivity contribution in [1.82, 2.24) is 4.90 Å². The molecule has 0 atom stereocenters. The molecule has 0 radical (unpaired) electrons. The molecule has 0 aromatic carbocycles. The Morgan fingerprint density at radius 3 is 2.43 bits per heavy atom. The number of carbonyl (C=O) groups excluding carboxylic acids is 1. The van der Waals surface area contributed by atoms with Crippen molar-refractivity contribution in [2.45, 2.75) is 46.0 Å². The molecule has 0 saturated heterocycles. The van der Waals surface area contributed by atoms with Crippen molar-refractivity contribution in [3.8, 4) is 0 Å². The fourth-order valence-corrected chi connectivity index (χ4v) is 1.44. The highest BCUT2D eigenvalue weighted by molar-refractivity contribution is 5.73. The predicted octanol–water partition coefficient (Wildman–Crippen LogP) is 2.99. The third-order valence-electron chi connectivity index (χ3n) is 2.33. The van der Waals surface area contributed by atoms with Crippen LogP contribution in [0, 0.1) is 0 Å². The van der Waals surface area contributed by atoms with Crippen molar-refractivity contribution >= 4 is 5.91 Å². The summed E-state index contributed by atoms with van der Waals surface area (Å²) in [6, 6.07) is 0. The standard InChI is InChI=1S/C12H23NO/c1-4-6-7-8-9-11-13(10-5-2)12(3)14/h5H,2,4,6-11H2,1,3H3. The Bertz CT molecular complexity index is 166. The summed E-state index contributed by atoms with van der Waals surface area (Å²) in [5.41, 5.74) is 0. The van der Waals surface area contributed by atoms with Gasteiger partial charge in [0.25, 0.3) is 0 Å². The van der Waals surface area contributed by atoms with Crippen LogP contribution in [0.15, 0.2) is 12.7 Å². The fraction of sp³-hybridized carbons (Fsp3) is 0.750. The Morgan fingerprint density at radius 1 is 1.29 bits per heavy atom. The Morgan fingerprint density at radius 2 is 1.93 bits per heavy atom. The molecule has 82 valence electrons. The van der Waals surface area contributed by atoms with Gasteiger partial charge in [-0.3, -0.25) is 4.79 Å². The van der Waals surface area contributed by atoms with E-state index in [-0.39, 0.29) is 5.91 Å².